The lowest BCUT2D eigenvalue weighted by atomic mass is 10.1. The van der Waals surface area contributed by atoms with E-state index in [1.807, 2.05) is 32.0 Å². The summed E-state index contributed by atoms with van der Waals surface area (Å²) in [6, 6.07) is 7.67. The van der Waals surface area contributed by atoms with Crippen LogP contribution in [0.5, 0.6) is 5.88 Å². The van der Waals surface area contributed by atoms with E-state index in [4.69, 9.17) is 4.74 Å². The van der Waals surface area contributed by atoms with Crippen LogP contribution in [-0.2, 0) is 24.0 Å². The quantitative estimate of drug-likeness (QED) is 0.594. The molecular formula is C20H21N5O3S. The van der Waals surface area contributed by atoms with Gasteiger partial charge in [0.2, 0.25) is 11.0 Å². The van der Waals surface area contributed by atoms with Gasteiger partial charge in [0.15, 0.2) is 0 Å². The van der Waals surface area contributed by atoms with Crippen LogP contribution < -0.4 is 10.1 Å². The molecule has 0 aliphatic heterocycles. The highest BCUT2D eigenvalue weighted by Gasteiger charge is 2.18. The smallest absolute Gasteiger partial charge is 0.258 e. The first-order chi connectivity index (χ1) is 13.9. The second-order valence-corrected chi connectivity index (χ2v) is 7.65. The molecule has 0 radical (unpaired) electrons. The lowest BCUT2D eigenvalue weighted by molar-refractivity contribution is 0.0943. The Hall–Kier alpha value is -3.20. The van der Waals surface area contributed by atoms with Crippen molar-refractivity contribution in [1.82, 2.24) is 25.3 Å². The lowest BCUT2D eigenvalue weighted by Gasteiger charge is -2.12. The number of nitrogens with zero attached hydrogens (tertiary/aromatic N) is 4. The van der Waals surface area contributed by atoms with Crippen LogP contribution in [0.25, 0.3) is 0 Å². The molecule has 0 saturated carbocycles. The fourth-order valence-corrected chi connectivity index (χ4v) is 2.89. The number of aromatic nitrogens is 4. The van der Waals surface area contributed by atoms with Gasteiger partial charge in [-0.3, -0.25) is 9.00 Å². The minimum Gasteiger partial charge on any atom is -0.472 e. The van der Waals surface area contributed by atoms with Gasteiger partial charge >= 0.3 is 0 Å². The summed E-state index contributed by atoms with van der Waals surface area (Å²) >= 11 is 0. The summed E-state index contributed by atoms with van der Waals surface area (Å²) in [5, 5.41) is 2.82. The zero-order valence-corrected chi connectivity index (χ0v) is 17.2. The molecule has 29 heavy (non-hydrogen) atoms. The zero-order chi connectivity index (χ0) is 20.8. The van der Waals surface area contributed by atoms with Gasteiger partial charge in [-0.05, 0) is 36.6 Å². The Kier molecular flexibility index (Phi) is 6.61. The Balaban J connectivity index is 1.79. The van der Waals surface area contributed by atoms with Crippen molar-refractivity contribution in [2.75, 3.05) is 6.26 Å². The third-order valence-electron chi connectivity index (χ3n) is 4.21. The summed E-state index contributed by atoms with van der Waals surface area (Å²) < 4.78 is 17.6. The molecule has 3 rings (SSSR count). The van der Waals surface area contributed by atoms with E-state index in [0.29, 0.717) is 5.82 Å². The summed E-state index contributed by atoms with van der Waals surface area (Å²) in [5.41, 5.74) is 3.42. The molecule has 0 aliphatic rings. The maximum absolute atomic E-state index is 12.6. The van der Waals surface area contributed by atoms with Crippen molar-refractivity contribution in [2.45, 2.75) is 32.2 Å². The van der Waals surface area contributed by atoms with Crippen molar-refractivity contribution in [3.8, 4) is 5.88 Å². The number of rotatable bonds is 7. The Labute approximate surface area is 171 Å². The van der Waals surface area contributed by atoms with Crippen molar-refractivity contribution >= 4 is 16.7 Å². The van der Waals surface area contributed by atoms with Crippen LogP contribution in [0.15, 0.2) is 48.0 Å². The van der Waals surface area contributed by atoms with E-state index in [0.717, 1.165) is 11.1 Å². The maximum atomic E-state index is 12.6. The number of benzene rings is 1. The molecule has 3 aromatic rings. The molecule has 0 aliphatic carbocycles. The van der Waals surface area contributed by atoms with Gasteiger partial charge in [0.1, 0.15) is 18.0 Å². The van der Waals surface area contributed by atoms with E-state index >= 15 is 0 Å². The molecule has 0 saturated heterocycles. The minimum atomic E-state index is -1.40. The van der Waals surface area contributed by atoms with Crippen LogP contribution in [0.1, 0.15) is 32.9 Å². The topological polar surface area (TPSA) is 107 Å². The third kappa shape index (κ3) is 5.41. The van der Waals surface area contributed by atoms with Crippen molar-refractivity contribution < 1.29 is 13.7 Å². The van der Waals surface area contributed by atoms with Gasteiger partial charge < -0.3 is 10.1 Å². The molecule has 1 atom stereocenters. The van der Waals surface area contributed by atoms with Crippen molar-refractivity contribution in [3.63, 3.8) is 0 Å². The standard InChI is InChI=1S/C20H21N5O3S/c1-13-5-6-15(9-14(13)2)12-28-19-16(10-24-20(25-19)29(3)27)18(26)23-11-17-21-7-4-8-22-17/h4-10H,11-12H2,1-3H3,(H,23,26). The monoisotopic (exact) mass is 411 g/mol. The largest absolute Gasteiger partial charge is 0.472 e. The SMILES string of the molecule is Cc1ccc(COc2nc(S(C)=O)ncc2C(=O)NCc2ncccn2)cc1C. The molecule has 1 aromatic carbocycles. The number of hydrogen-bond acceptors (Lipinski definition) is 7. The number of aryl methyl sites for hydroxylation is 2. The first-order valence-electron chi connectivity index (χ1n) is 8.87. The summed E-state index contributed by atoms with van der Waals surface area (Å²) in [5.74, 6) is 0.126. The molecule has 150 valence electrons. The van der Waals surface area contributed by atoms with Crippen LogP contribution in [0.3, 0.4) is 0 Å². The second kappa shape index (κ2) is 9.33. The summed E-state index contributed by atoms with van der Waals surface area (Å²) in [6.07, 6.45) is 5.98. The normalized spacial score (nSPS) is 11.7. The molecule has 2 aromatic heterocycles. The Morgan fingerprint density at radius 2 is 1.90 bits per heavy atom. The van der Waals surface area contributed by atoms with Gasteiger partial charge in [-0.25, -0.2) is 15.0 Å². The maximum Gasteiger partial charge on any atom is 0.258 e. The molecule has 1 amide bonds. The van der Waals surface area contributed by atoms with Crippen LogP contribution >= 0.6 is 0 Å². The van der Waals surface area contributed by atoms with Crippen LogP contribution in [0, 0.1) is 13.8 Å². The van der Waals surface area contributed by atoms with Crippen LogP contribution in [0.2, 0.25) is 0 Å². The Morgan fingerprint density at radius 3 is 2.59 bits per heavy atom. The van der Waals surface area contributed by atoms with Gasteiger partial charge in [-0.2, -0.15) is 4.98 Å². The lowest BCUT2D eigenvalue weighted by Crippen LogP contribution is -2.25. The average molecular weight is 411 g/mol. The van der Waals surface area contributed by atoms with Crippen molar-refractivity contribution in [1.29, 1.82) is 0 Å². The molecule has 8 nitrogen and oxygen atoms in total. The molecule has 9 heteroatoms. The first-order valence-corrected chi connectivity index (χ1v) is 10.4. The van der Waals surface area contributed by atoms with Gasteiger partial charge in [-0.15, -0.1) is 0 Å². The number of hydrogen-bond donors (Lipinski definition) is 1. The number of carbonyl (C=O) groups is 1. The highest BCUT2D eigenvalue weighted by Crippen LogP contribution is 2.19. The molecule has 2 heterocycles. The highest BCUT2D eigenvalue weighted by atomic mass is 32.2. The fourth-order valence-electron chi connectivity index (χ4n) is 2.48. The highest BCUT2D eigenvalue weighted by molar-refractivity contribution is 7.84. The van der Waals surface area contributed by atoms with Crippen molar-refractivity contribution in [2.24, 2.45) is 0 Å². The van der Waals surface area contributed by atoms with Crippen LogP contribution in [0.4, 0.5) is 0 Å². The second-order valence-electron chi connectivity index (χ2n) is 6.38. The molecule has 1 N–H and O–H groups in total. The van der Waals surface area contributed by atoms with Gasteiger partial charge in [0, 0.05) is 24.8 Å². The Bertz CT molecular complexity index is 1040. The van der Waals surface area contributed by atoms with Gasteiger partial charge in [0.05, 0.1) is 17.3 Å². The predicted octanol–water partition coefficient (Wildman–Crippen LogP) is 2.13. The van der Waals surface area contributed by atoms with Crippen molar-refractivity contribution in [3.05, 3.63) is 70.9 Å². The molecule has 0 spiro atoms. The molecular weight excluding hydrogens is 390 g/mol. The summed E-state index contributed by atoms with van der Waals surface area (Å²) in [4.78, 5) is 29.0. The Morgan fingerprint density at radius 1 is 1.14 bits per heavy atom. The first kappa shape index (κ1) is 20.5. The summed E-state index contributed by atoms with van der Waals surface area (Å²) in [7, 11) is -1.40. The zero-order valence-electron chi connectivity index (χ0n) is 16.4. The number of ether oxygens (including phenoxy) is 1. The van der Waals surface area contributed by atoms with E-state index in [9.17, 15) is 9.00 Å². The van der Waals surface area contributed by atoms with E-state index in [1.165, 1.54) is 18.0 Å². The van der Waals surface area contributed by atoms with E-state index in [-0.39, 0.29) is 29.8 Å². The third-order valence-corrected chi connectivity index (χ3v) is 4.92. The molecule has 0 fully saturated rings. The van der Waals surface area contributed by atoms with E-state index in [1.54, 1.807) is 18.5 Å². The summed E-state index contributed by atoms with van der Waals surface area (Å²) in [6.45, 7) is 4.42. The van der Waals surface area contributed by atoms with Crippen LogP contribution in [-0.4, -0.2) is 36.3 Å². The number of nitrogens with one attached hydrogen (secondary N) is 1. The van der Waals surface area contributed by atoms with Gasteiger partial charge in [-0.1, -0.05) is 18.2 Å². The van der Waals surface area contributed by atoms with E-state index in [2.05, 4.69) is 25.3 Å². The van der Waals surface area contributed by atoms with E-state index < -0.39 is 16.7 Å². The minimum absolute atomic E-state index is 0.0786. The number of amides is 1. The van der Waals surface area contributed by atoms with Gasteiger partial charge in [0.25, 0.3) is 5.91 Å². The predicted molar refractivity (Wildman–Crippen MR) is 108 cm³/mol. The molecule has 0 bridgehead atoms. The number of carbonyl (C=O) groups excluding carboxylic acids is 1. The average Bonchev–Trinajstić information content (AvgIpc) is 2.73. The fraction of sp³-hybridized carbons (Fsp3) is 0.250. The molecule has 1 unspecified atom stereocenters.